The molecule has 0 spiro atoms. The van der Waals surface area contributed by atoms with Crippen LogP contribution < -0.4 is 4.74 Å². The van der Waals surface area contributed by atoms with E-state index in [4.69, 9.17) is 21.6 Å². The molecule has 0 saturated carbocycles. The monoisotopic (exact) mass is 264 g/mol. The van der Waals surface area contributed by atoms with E-state index >= 15 is 0 Å². The highest BCUT2D eigenvalue weighted by molar-refractivity contribution is 7.11. The summed E-state index contributed by atoms with van der Waals surface area (Å²) in [5, 5.41) is 10.5. The van der Waals surface area contributed by atoms with Gasteiger partial charge in [-0.2, -0.15) is 5.26 Å². The zero-order chi connectivity index (χ0) is 12.3. The highest BCUT2D eigenvalue weighted by Gasteiger charge is 2.05. The molecule has 0 amide bonds. The number of hydrogen-bond acceptors (Lipinski definition) is 4. The fourth-order valence-electron chi connectivity index (χ4n) is 1.33. The first kappa shape index (κ1) is 11.9. The summed E-state index contributed by atoms with van der Waals surface area (Å²) >= 11 is 7.43. The van der Waals surface area contributed by atoms with E-state index in [9.17, 15) is 0 Å². The van der Waals surface area contributed by atoms with Gasteiger partial charge in [-0.1, -0.05) is 11.6 Å². The van der Waals surface area contributed by atoms with Gasteiger partial charge in [0.05, 0.1) is 15.4 Å². The summed E-state index contributed by atoms with van der Waals surface area (Å²) in [6, 6.07) is 7.03. The zero-order valence-corrected chi connectivity index (χ0v) is 10.7. The third kappa shape index (κ3) is 2.96. The van der Waals surface area contributed by atoms with Crippen molar-refractivity contribution in [3.63, 3.8) is 0 Å². The fourth-order valence-corrected chi connectivity index (χ4v) is 2.20. The van der Waals surface area contributed by atoms with Crippen LogP contribution in [0.4, 0.5) is 0 Å². The molecule has 0 saturated heterocycles. The number of rotatable bonds is 3. The molecule has 0 N–H and O–H groups in total. The third-order valence-corrected chi connectivity index (χ3v) is 3.22. The third-order valence-electron chi connectivity index (χ3n) is 2.10. The molecule has 0 radical (unpaired) electrons. The number of benzene rings is 1. The van der Waals surface area contributed by atoms with Crippen molar-refractivity contribution in [1.82, 2.24) is 4.98 Å². The highest BCUT2D eigenvalue weighted by Crippen LogP contribution is 2.24. The number of ether oxygens (including phenoxy) is 1. The molecule has 3 nitrogen and oxygen atoms in total. The second-order valence-electron chi connectivity index (χ2n) is 3.39. The average Bonchev–Trinajstić information content (AvgIpc) is 2.73. The van der Waals surface area contributed by atoms with Crippen molar-refractivity contribution in [2.45, 2.75) is 13.5 Å². The lowest BCUT2D eigenvalue weighted by Crippen LogP contribution is -1.95. The van der Waals surface area contributed by atoms with Gasteiger partial charge >= 0.3 is 0 Å². The molecule has 0 aliphatic rings. The van der Waals surface area contributed by atoms with Gasteiger partial charge in [0.25, 0.3) is 0 Å². The van der Waals surface area contributed by atoms with Gasteiger partial charge in [0.2, 0.25) is 0 Å². The van der Waals surface area contributed by atoms with Gasteiger partial charge in [-0.3, -0.25) is 0 Å². The Morgan fingerprint density at radius 2 is 2.35 bits per heavy atom. The van der Waals surface area contributed by atoms with Crippen LogP contribution in [0.25, 0.3) is 0 Å². The number of nitriles is 1. The first-order chi connectivity index (χ1) is 8.19. The van der Waals surface area contributed by atoms with Crippen molar-refractivity contribution in [3.05, 3.63) is 44.9 Å². The van der Waals surface area contributed by atoms with Gasteiger partial charge in [-0.15, -0.1) is 11.3 Å². The maximum Gasteiger partial charge on any atom is 0.139 e. The number of thiazole rings is 1. The minimum absolute atomic E-state index is 0.403. The molecule has 0 atom stereocenters. The van der Waals surface area contributed by atoms with Crippen LogP contribution in [0.2, 0.25) is 5.02 Å². The molecule has 86 valence electrons. The Labute approximate surface area is 108 Å². The van der Waals surface area contributed by atoms with Crippen LogP contribution >= 0.6 is 22.9 Å². The summed E-state index contributed by atoms with van der Waals surface area (Å²) in [6.07, 6.45) is 1.77. The predicted octanol–water partition coefficient (Wildman–Crippen LogP) is 3.56. The molecular weight excluding hydrogens is 256 g/mol. The Kier molecular flexibility index (Phi) is 3.62. The minimum atomic E-state index is 0.403. The Morgan fingerprint density at radius 3 is 3.00 bits per heavy atom. The molecule has 1 heterocycles. The van der Waals surface area contributed by atoms with E-state index in [2.05, 4.69) is 11.1 Å². The smallest absolute Gasteiger partial charge is 0.139 e. The van der Waals surface area contributed by atoms with Crippen molar-refractivity contribution < 1.29 is 4.74 Å². The molecule has 0 unspecified atom stereocenters. The van der Waals surface area contributed by atoms with Gasteiger partial charge in [-0.25, -0.2) is 4.98 Å². The minimum Gasteiger partial charge on any atom is -0.487 e. The summed E-state index contributed by atoms with van der Waals surface area (Å²) in [4.78, 5) is 5.16. The number of hydrogen-bond donors (Lipinski definition) is 0. The molecule has 17 heavy (non-hydrogen) atoms. The Balaban J connectivity index is 2.13. The summed E-state index contributed by atoms with van der Waals surface area (Å²) in [5.41, 5.74) is 0.482. The van der Waals surface area contributed by atoms with Gasteiger partial charge < -0.3 is 4.74 Å². The molecule has 0 aliphatic heterocycles. The standard InChI is InChI=1S/C12H9ClN2OS/c1-8-15-6-11(17-8)7-16-12-4-10(13)3-2-9(12)5-14/h2-4,6H,7H2,1H3. The van der Waals surface area contributed by atoms with Crippen molar-refractivity contribution in [2.75, 3.05) is 0 Å². The molecule has 0 aliphatic carbocycles. The predicted molar refractivity (Wildman–Crippen MR) is 67.4 cm³/mol. The van der Waals surface area contributed by atoms with E-state index in [1.165, 1.54) is 0 Å². The number of aromatic nitrogens is 1. The quantitative estimate of drug-likeness (QED) is 0.852. The van der Waals surface area contributed by atoms with E-state index in [0.717, 1.165) is 9.88 Å². The Bertz CT molecular complexity index is 574. The fraction of sp³-hybridized carbons (Fsp3) is 0.167. The van der Waals surface area contributed by atoms with Crippen LogP contribution in [0.3, 0.4) is 0 Å². The molecule has 1 aromatic carbocycles. The van der Waals surface area contributed by atoms with Crippen LogP contribution in [0, 0.1) is 18.3 Å². The van der Waals surface area contributed by atoms with E-state index in [-0.39, 0.29) is 0 Å². The first-order valence-electron chi connectivity index (χ1n) is 4.93. The maximum absolute atomic E-state index is 8.93. The van der Waals surface area contributed by atoms with Crippen LogP contribution in [0.15, 0.2) is 24.4 Å². The molecule has 0 bridgehead atoms. The lowest BCUT2D eigenvalue weighted by molar-refractivity contribution is 0.308. The van der Waals surface area contributed by atoms with E-state index in [1.807, 2.05) is 6.92 Å². The van der Waals surface area contributed by atoms with Gasteiger partial charge in [-0.05, 0) is 19.1 Å². The summed E-state index contributed by atoms with van der Waals surface area (Å²) in [5.74, 6) is 0.506. The molecule has 2 aromatic rings. The summed E-state index contributed by atoms with van der Waals surface area (Å²) in [6.45, 7) is 2.34. The van der Waals surface area contributed by atoms with E-state index in [1.54, 1.807) is 35.7 Å². The summed E-state index contributed by atoms with van der Waals surface area (Å²) in [7, 11) is 0. The Hall–Kier alpha value is -1.57. The van der Waals surface area contributed by atoms with Crippen molar-refractivity contribution in [3.8, 4) is 11.8 Å². The lowest BCUT2D eigenvalue weighted by Gasteiger charge is -2.06. The van der Waals surface area contributed by atoms with Crippen LogP contribution in [0.1, 0.15) is 15.4 Å². The second kappa shape index (κ2) is 5.17. The molecule has 0 fully saturated rings. The largest absolute Gasteiger partial charge is 0.487 e. The topological polar surface area (TPSA) is 45.9 Å². The van der Waals surface area contributed by atoms with Crippen molar-refractivity contribution in [1.29, 1.82) is 5.26 Å². The van der Waals surface area contributed by atoms with E-state index < -0.39 is 0 Å². The summed E-state index contributed by atoms with van der Waals surface area (Å²) < 4.78 is 5.57. The average molecular weight is 265 g/mol. The van der Waals surface area contributed by atoms with Gasteiger partial charge in [0, 0.05) is 17.3 Å². The molecule has 1 aromatic heterocycles. The van der Waals surface area contributed by atoms with Gasteiger partial charge in [0.1, 0.15) is 18.4 Å². The number of nitrogens with zero attached hydrogens (tertiary/aromatic N) is 2. The highest BCUT2D eigenvalue weighted by atomic mass is 35.5. The van der Waals surface area contributed by atoms with Gasteiger partial charge in [0.15, 0.2) is 0 Å². The van der Waals surface area contributed by atoms with Crippen LogP contribution in [-0.2, 0) is 6.61 Å². The SMILES string of the molecule is Cc1ncc(COc2cc(Cl)ccc2C#N)s1. The lowest BCUT2D eigenvalue weighted by atomic mass is 10.2. The number of halogens is 1. The number of aryl methyl sites for hydroxylation is 1. The van der Waals surface area contributed by atoms with Crippen molar-refractivity contribution >= 4 is 22.9 Å². The Morgan fingerprint density at radius 1 is 1.53 bits per heavy atom. The first-order valence-corrected chi connectivity index (χ1v) is 6.12. The second-order valence-corrected chi connectivity index (χ2v) is 5.14. The molecule has 5 heteroatoms. The molecule has 2 rings (SSSR count). The van der Waals surface area contributed by atoms with Crippen molar-refractivity contribution in [2.24, 2.45) is 0 Å². The zero-order valence-electron chi connectivity index (χ0n) is 9.11. The normalized spacial score (nSPS) is 9.94. The van der Waals surface area contributed by atoms with E-state index in [0.29, 0.717) is 22.9 Å². The van der Waals surface area contributed by atoms with Crippen LogP contribution in [-0.4, -0.2) is 4.98 Å². The van der Waals surface area contributed by atoms with Crippen LogP contribution in [0.5, 0.6) is 5.75 Å². The molecular formula is C12H9ClN2OS. The maximum atomic E-state index is 8.93.